The highest BCUT2D eigenvalue weighted by atomic mass is 16.5. The molecule has 1 aromatic heterocycles. The minimum absolute atomic E-state index is 0.209. The van der Waals surface area contributed by atoms with E-state index in [1.807, 2.05) is 54.6 Å². The molecule has 0 aliphatic carbocycles. The van der Waals surface area contributed by atoms with Crippen LogP contribution in [0, 0.1) is 0 Å². The van der Waals surface area contributed by atoms with Crippen molar-refractivity contribution in [2.45, 2.75) is 17.9 Å². The second-order valence-electron chi connectivity index (χ2n) is 8.63. The Bertz CT molecular complexity index is 1270. The summed E-state index contributed by atoms with van der Waals surface area (Å²) in [5.74, 6) is 0. The average Bonchev–Trinajstić information content (AvgIpc) is 2.91. The van der Waals surface area contributed by atoms with Crippen LogP contribution in [0.25, 0.3) is 0 Å². The predicted molar refractivity (Wildman–Crippen MR) is 133 cm³/mol. The Morgan fingerprint density at radius 3 is 1.77 bits per heavy atom. The van der Waals surface area contributed by atoms with Gasteiger partial charge in [0, 0.05) is 25.4 Å². The van der Waals surface area contributed by atoms with Crippen LogP contribution in [-0.4, -0.2) is 45.4 Å². The third kappa shape index (κ3) is 4.25. The monoisotopic (exact) mass is 469 g/mol. The molecule has 0 radical (unpaired) electrons. The normalized spacial score (nSPS) is 18.9. The van der Waals surface area contributed by atoms with Crippen LogP contribution in [0.15, 0.2) is 113 Å². The lowest BCUT2D eigenvalue weighted by Crippen LogP contribution is -2.58. The summed E-state index contributed by atoms with van der Waals surface area (Å²) in [7, 11) is 0. The Labute approximate surface area is 202 Å². The van der Waals surface area contributed by atoms with Crippen LogP contribution in [-0.2, 0) is 10.3 Å². The molecular formula is C28H27N3O4. The fraction of sp³-hybridized carbons (Fsp3) is 0.214. The number of H-pyrrole nitrogens is 1. The number of morpholine rings is 1. The van der Waals surface area contributed by atoms with Crippen molar-refractivity contribution < 1.29 is 9.84 Å². The topological polar surface area (TPSA) is 87.6 Å². The number of hydrogen-bond acceptors (Lipinski definition) is 5. The third-order valence-corrected chi connectivity index (χ3v) is 6.56. The van der Waals surface area contributed by atoms with Gasteiger partial charge in [0.25, 0.3) is 5.56 Å². The number of benzene rings is 3. The van der Waals surface area contributed by atoms with Gasteiger partial charge in [-0.1, -0.05) is 91.0 Å². The van der Waals surface area contributed by atoms with Crippen molar-refractivity contribution in [3.63, 3.8) is 0 Å². The van der Waals surface area contributed by atoms with E-state index in [0.29, 0.717) is 13.1 Å². The largest absolute Gasteiger partial charge is 0.394 e. The van der Waals surface area contributed by atoms with Crippen LogP contribution >= 0.6 is 0 Å². The van der Waals surface area contributed by atoms with Gasteiger partial charge >= 0.3 is 5.69 Å². The highest BCUT2D eigenvalue weighted by Gasteiger charge is 2.46. The molecule has 1 aliphatic heterocycles. The lowest BCUT2D eigenvalue weighted by Gasteiger charge is -2.50. The van der Waals surface area contributed by atoms with Gasteiger partial charge in [0.1, 0.15) is 0 Å². The van der Waals surface area contributed by atoms with Crippen LogP contribution in [0.4, 0.5) is 0 Å². The maximum absolute atomic E-state index is 12.6. The van der Waals surface area contributed by atoms with E-state index >= 15 is 0 Å². The molecule has 7 nitrogen and oxygen atoms in total. The summed E-state index contributed by atoms with van der Waals surface area (Å²) in [6.07, 6.45) is 0.197. The average molecular weight is 470 g/mol. The van der Waals surface area contributed by atoms with Crippen LogP contribution in [0.5, 0.6) is 0 Å². The molecule has 7 heteroatoms. The molecule has 5 rings (SSSR count). The van der Waals surface area contributed by atoms with Crippen molar-refractivity contribution in [3.8, 4) is 0 Å². The number of aliphatic hydroxyl groups is 1. The fourth-order valence-electron chi connectivity index (χ4n) is 5.09. The van der Waals surface area contributed by atoms with Crippen molar-refractivity contribution in [3.05, 3.63) is 141 Å². The van der Waals surface area contributed by atoms with Crippen molar-refractivity contribution in [1.29, 1.82) is 0 Å². The first-order valence-corrected chi connectivity index (χ1v) is 11.6. The summed E-state index contributed by atoms with van der Waals surface area (Å²) in [5.41, 5.74) is 1.44. The van der Waals surface area contributed by atoms with Crippen LogP contribution in [0.3, 0.4) is 0 Å². The number of rotatable bonds is 6. The molecule has 0 unspecified atom stereocenters. The first kappa shape index (κ1) is 23.0. The maximum atomic E-state index is 12.6. The first-order valence-electron chi connectivity index (χ1n) is 11.6. The molecule has 1 fully saturated rings. The molecule has 1 saturated heterocycles. The van der Waals surface area contributed by atoms with Crippen LogP contribution in [0.2, 0.25) is 0 Å². The van der Waals surface area contributed by atoms with E-state index in [-0.39, 0.29) is 6.61 Å². The van der Waals surface area contributed by atoms with Gasteiger partial charge in [-0.2, -0.15) is 0 Å². The molecule has 2 heterocycles. The van der Waals surface area contributed by atoms with E-state index in [2.05, 4.69) is 46.3 Å². The number of nitrogens with one attached hydrogen (secondary N) is 1. The molecule has 0 saturated carbocycles. The number of hydrogen-bond donors (Lipinski definition) is 2. The van der Waals surface area contributed by atoms with E-state index < -0.39 is 29.1 Å². The summed E-state index contributed by atoms with van der Waals surface area (Å²) < 4.78 is 7.50. The molecule has 4 aromatic rings. The summed E-state index contributed by atoms with van der Waals surface area (Å²) in [6, 6.07) is 32.0. The van der Waals surface area contributed by atoms with Crippen molar-refractivity contribution in [2.75, 3.05) is 19.7 Å². The molecule has 2 atom stereocenters. The lowest BCUT2D eigenvalue weighted by molar-refractivity contribution is -0.151. The Morgan fingerprint density at radius 1 is 0.800 bits per heavy atom. The van der Waals surface area contributed by atoms with Gasteiger partial charge in [-0.05, 0) is 16.7 Å². The second-order valence-corrected chi connectivity index (χ2v) is 8.63. The summed E-state index contributed by atoms with van der Waals surface area (Å²) >= 11 is 0. The molecule has 0 bridgehead atoms. The van der Waals surface area contributed by atoms with Crippen LogP contribution < -0.4 is 11.2 Å². The summed E-state index contributed by atoms with van der Waals surface area (Å²) in [4.78, 5) is 28.9. The SMILES string of the molecule is O=c1ccn([C@H]2CN(C(c3ccccc3)(c3ccccc3)c3ccccc3)C[C@@H](CO)O2)c(=O)[nH]1. The number of ether oxygens (including phenoxy) is 1. The van der Waals surface area contributed by atoms with E-state index in [1.54, 1.807) is 0 Å². The predicted octanol–water partition coefficient (Wildman–Crippen LogP) is 2.72. The number of aromatic nitrogens is 2. The number of nitrogens with zero attached hydrogens (tertiary/aromatic N) is 2. The molecular weight excluding hydrogens is 442 g/mol. The van der Waals surface area contributed by atoms with E-state index in [1.165, 1.54) is 16.8 Å². The fourth-order valence-corrected chi connectivity index (χ4v) is 5.09. The lowest BCUT2D eigenvalue weighted by atomic mass is 9.75. The molecule has 35 heavy (non-hydrogen) atoms. The van der Waals surface area contributed by atoms with Crippen molar-refractivity contribution in [1.82, 2.24) is 14.5 Å². The van der Waals surface area contributed by atoms with Crippen molar-refractivity contribution in [2.24, 2.45) is 0 Å². The van der Waals surface area contributed by atoms with Gasteiger partial charge in [-0.15, -0.1) is 0 Å². The standard InChI is InChI=1S/C28H27N3O4/c32-20-24-18-30(19-26(35-24)31-17-16-25(33)29-27(31)34)28(21-10-4-1-5-11-21,22-12-6-2-7-13-22)23-14-8-3-9-15-23/h1-17,24,26,32H,18-20H2,(H,29,33,34)/t24-,26+/m0/s1. The van der Waals surface area contributed by atoms with Gasteiger partial charge in [0.15, 0.2) is 6.23 Å². The van der Waals surface area contributed by atoms with Gasteiger partial charge in [0.05, 0.1) is 18.2 Å². The summed E-state index contributed by atoms with van der Waals surface area (Å²) in [6.45, 7) is 0.574. The highest BCUT2D eigenvalue weighted by molar-refractivity contribution is 5.49. The molecule has 0 spiro atoms. The third-order valence-electron chi connectivity index (χ3n) is 6.56. The molecule has 2 N–H and O–H groups in total. The highest BCUT2D eigenvalue weighted by Crippen LogP contribution is 2.44. The Balaban J connectivity index is 1.74. The van der Waals surface area contributed by atoms with Crippen molar-refractivity contribution >= 4 is 0 Å². The van der Waals surface area contributed by atoms with E-state index in [0.717, 1.165) is 16.7 Å². The number of aromatic amines is 1. The molecule has 0 amide bonds. The molecule has 3 aromatic carbocycles. The maximum Gasteiger partial charge on any atom is 0.330 e. The van der Waals surface area contributed by atoms with Gasteiger partial charge in [-0.3, -0.25) is 19.2 Å². The van der Waals surface area contributed by atoms with Crippen LogP contribution in [0.1, 0.15) is 22.9 Å². The Hall–Kier alpha value is -3.78. The first-order chi connectivity index (χ1) is 17.1. The second kappa shape index (κ2) is 9.84. The number of aliphatic hydroxyl groups excluding tert-OH is 1. The zero-order valence-corrected chi connectivity index (χ0v) is 19.2. The molecule has 1 aliphatic rings. The zero-order valence-electron chi connectivity index (χ0n) is 19.2. The van der Waals surface area contributed by atoms with Gasteiger partial charge in [0.2, 0.25) is 0 Å². The Morgan fingerprint density at radius 2 is 1.31 bits per heavy atom. The minimum Gasteiger partial charge on any atom is -0.394 e. The Kier molecular flexibility index (Phi) is 6.46. The smallest absolute Gasteiger partial charge is 0.330 e. The summed E-state index contributed by atoms with van der Waals surface area (Å²) in [5, 5.41) is 10.2. The van der Waals surface area contributed by atoms with Gasteiger partial charge < -0.3 is 9.84 Å². The molecule has 178 valence electrons. The van der Waals surface area contributed by atoms with E-state index in [4.69, 9.17) is 4.74 Å². The van der Waals surface area contributed by atoms with E-state index in [9.17, 15) is 14.7 Å². The minimum atomic E-state index is -0.717. The van der Waals surface area contributed by atoms with Gasteiger partial charge in [-0.25, -0.2) is 4.79 Å². The zero-order chi connectivity index (χ0) is 24.3. The quantitative estimate of drug-likeness (QED) is 0.424.